The van der Waals surface area contributed by atoms with E-state index in [2.05, 4.69) is 55.4 Å². The Morgan fingerprint density at radius 1 is 0.455 bits per heavy atom. The molecule has 2 rings (SSSR count). The van der Waals surface area contributed by atoms with Crippen LogP contribution in [0, 0.1) is 63.2 Å². The van der Waals surface area contributed by atoms with Gasteiger partial charge in [0, 0.05) is 16.7 Å². The Morgan fingerprint density at radius 3 is 1.20 bits per heavy atom. The summed E-state index contributed by atoms with van der Waals surface area (Å²) in [7, 11) is 3.21. The fourth-order valence-electron chi connectivity index (χ4n) is 10.1. The Hall–Kier alpha value is -3.54. The first kappa shape index (κ1) is 58.6. The molecular weight excluding hydrogens is 817 g/mol. The lowest BCUT2D eigenvalue weighted by atomic mass is 9.87. The summed E-state index contributed by atoms with van der Waals surface area (Å²) in [6, 6.07) is 0. The van der Waals surface area contributed by atoms with Gasteiger partial charge in [0.05, 0.1) is 25.3 Å². The first-order valence-corrected chi connectivity index (χ1v) is 26.4. The van der Waals surface area contributed by atoms with E-state index in [0.717, 1.165) is 84.5 Å². The number of phenols is 2. The van der Waals surface area contributed by atoms with Crippen LogP contribution in [0.1, 0.15) is 239 Å². The van der Waals surface area contributed by atoms with E-state index < -0.39 is 0 Å². The maximum Gasteiger partial charge on any atom is 0.189 e. The normalized spacial score (nSPS) is 14.2. The average Bonchev–Trinajstić information content (AvgIpc) is 3.23. The number of carbonyl (C=O) groups is 2. The highest BCUT2D eigenvalue weighted by molar-refractivity contribution is 6.09. The minimum absolute atomic E-state index is 0.000681. The molecule has 0 aliphatic rings. The molecule has 374 valence electrons. The van der Waals surface area contributed by atoms with Crippen molar-refractivity contribution in [3.8, 4) is 23.0 Å². The van der Waals surface area contributed by atoms with Gasteiger partial charge in [-0.15, -0.1) is 0 Å². The number of methoxy groups -OCH3 is 2. The Balaban J connectivity index is 2.22. The van der Waals surface area contributed by atoms with Crippen molar-refractivity contribution >= 4 is 11.6 Å². The third kappa shape index (κ3) is 19.2. The summed E-state index contributed by atoms with van der Waals surface area (Å²) < 4.78 is 12.0. The maximum absolute atomic E-state index is 14.4. The second kappa shape index (κ2) is 30.1. The van der Waals surface area contributed by atoms with Gasteiger partial charge in [0.25, 0.3) is 0 Å². The average molecular weight is 915 g/mol. The molecule has 0 aliphatic heterocycles. The lowest BCUT2D eigenvalue weighted by Crippen LogP contribution is -2.12. The van der Waals surface area contributed by atoms with Crippen LogP contribution in [0.2, 0.25) is 0 Å². The van der Waals surface area contributed by atoms with Crippen molar-refractivity contribution < 1.29 is 29.3 Å². The van der Waals surface area contributed by atoms with Crippen molar-refractivity contribution in [2.75, 3.05) is 14.2 Å². The number of aromatic hydroxyl groups is 2. The molecule has 4 unspecified atom stereocenters. The van der Waals surface area contributed by atoms with Gasteiger partial charge < -0.3 is 19.7 Å². The van der Waals surface area contributed by atoms with Crippen LogP contribution in [-0.4, -0.2) is 36.0 Å². The predicted molar refractivity (Wildman–Crippen MR) is 281 cm³/mol. The number of rotatable bonds is 33. The van der Waals surface area contributed by atoms with E-state index in [1.54, 1.807) is 40.2 Å². The third-order valence-corrected chi connectivity index (χ3v) is 14.7. The van der Waals surface area contributed by atoms with Gasteiger partial charge in [-0.3, -0.25) is 9.59 Å². The van der Waals surface area contributed by atoms with E-state index in [9.17, 15) is 19.8 Å². The summed E-state index contributed by atoms with van der Waals surface area (Å²) in [5.41, 5.74) is 6.35. The molecule has 0 aliphatic carbocycles. The summed E-state index contributed by atoms with van der Waals surface area (Å²) in [5.74, 6) is 5.01. The van der Waals surface area contributed by atoms with E-state index in [4.69, 9.17) is 9.47 Å². The minimum atomic E-state index is -0.308. The van der Waals surface area contributed by atoms with Crippen LogP contribution in [0.25, 0.3) is 0 Å². The second-order valence-corrected chi connectivity index (χ2v) is 21.9. The Kier molecular flexibility index (Phi) is 26.7. The first-order chi connectivity index (χ1) is 31.1. The molecule has 6 heteroatoms. The van der Waals surface area contributed by atoms with Gasteiger partial charge in [-0.1, -0.05) is 156 Å². The molecule has 0 saturated heterocycles. The number of hydrogen-bond donors (Lipinski definition) is 2. The highest BCUT2D eigenvalue weighted by atomic mass is 16.5. The van der Waals surface area contributed by atoms with Crippen LogP contribution in [0.4, 0.5) is 0 Å². The summed E-state index contributed by atoms with van der Waals surface area (Å²) in [6.07, 6.45) is 25.5. The van der Waals surface area contributed by atoms with Crippen molar-refractivity contribution in [2.24, 2.45) is 35.5 Å². The fourth-order valence-corrected chi connectivity index (χ4v) is 10.1. The number of carbonyl (C=O) groups excluding carboxylic acids is 2. The lowest BCUT2D eigenvalue weighted by Gasteiger charge is -2.22. The zero-order valence-electron chi connectivity index (χ0n) is 45.3. The van der Waals surface area contributed by atoms with Crippen molar-refractivity contribution in [3.63, 3.8) is 0 Å². The van der Waals surface area contributed by atoms with Crippen LogP contribution in [0.3, 0.4) is 0 Å². The number of benzene rings is 2. The Labute approximate surface area is 405 Å². The molecule has 4 atom stereocenters. The van der Waals surface area contributed by atoms with E-state index in [-0.39, 0.29) is 35.0 Å². The van der Waals surface area contributed by atoms with E-state index in [0.29, 0.717) is 57.6 Å². The molecule has 6 nitrogen and oxygen atoms in total. The van der Waals surface area contributed by atoms with Crippen LogP contribution >= 0.6 is 0 Å². The number of hydrogen-bond acceptors (Lipinski definition) is 6. The molecule has 0 radical (unpaired) electrons. The lowest BCUT2D eigenvalue weighted by molar-refractivity contribution is 0.103. The van der Waals surface area contributed by atoms with Crippen molar-refractivity contribution in [1.29, 1.82) is 0 Å². The largest absolute Gasteiger partial charge is 0.507 e. The SMILES string of the molecule is COc1c(C)c(C)c(OC)c(C(=O)/C=C(\C)CCCC(C)CCCC(C)CCCC(C)C)c1CCc1c(C)c(O)c(C)c(C(=O)/C=C(\C)CCCC(C)CCCC(C)CCCC(C)C)c1O. The van der Waals surface area contributed by atoms with E-state index in [1.807, 2.05) is 27.7 Å². The molecule has 2 aromatic carbocycles. The van der Waals surface area contributed by atoms with Crippen LogP contribution in [-0.2, 0) is 12.8 Å². The first-order valence-electron chi connectivity index (χ1n) is 26.4. The molecule has 0 aromatic heterocycles. The van der Waals surface area contributed by atoms with Gasteiger partial charge in [0.15, 0.2) is 11.6 Å². The van der Waals surface area contributed by atoms with Gasteiger partial charge in [0.1, 0.15) is 23.0 Å². The number of ketones is 2. The summed E-state index contributed by atoms with van der Waals surface area (Å²) in [4.78, 5) is 28.3. The number of ether oxygens (including phenoxy) is 2. The topological polar surface area (TPSA) is 93.1 Å². The molecule has 0 amide bonds. The highest BCUT2D eigenvalue weighted by Crippen LogP contribution is 2.42. The quantitative estimate of drug-likeness (QED) is 0.0421. The number of phenolic OH excluding ortho intramolecular Hbond substituents is 2. The molecule has 0 spiro atoms. The molecule has 0 bridgehead atoms. The highest BCUT2D eigenvalue weighted by Gasteiger charge is 2.28. The fraction of sp³-hybridized carbons (Fsp3) is 0.700. The van der Waals surface area contributed by atoms with Gasteiger partial charge in [0.2, 0.25) is 0 Å². The Morgan fingerprint density at radius 2 is 0.803 bits per heavy atom. The van der Waals surface area contributed by atoms with E-state index in [1.165, 1.54) is 77.0 Å². The minimum Gasteiger partial charge on any atom is -0.507 e. The molecule has 2 aromatic rings. The third-order valence-electron chi connectivity index (χ3n) is 14.7. The zero-order chi connectivity index (χ0) is 49.7. The van der Waals surface area contributed by atoms with Crippen LogP contribution in [0.15, 0.2) is 23.3 Å². The standard InChI is InChI=1S/C60H98O6/c1-39(2)23-17-25-41(5)27-19-29-43(7)31-21-33-45(9)37-53(61)55-50(14)57(63)49(13)51(58(55)64)35-36-52-56(60(66-16)48(12)47(11)59(52)65-15)54(62)38-46(10)34-22-32-44(8)30-20-28-42(6)26-18-24-40(3)4/h37-44,63-64H,17-36H2,1-16H3/b45-37+,46-38+. The molecule has 66 heavy (non-hydrogen) atoms. The van der Waals surface area contributed by atoms with Crippen molar-refractivity contribution in [3.05, 3.63) is 67.8 Å². The molecule has 0 saturated carbocycles. The maximum atomic E-state index is 14.4. The summed E-state index contributed by atoms with van der Waals surface area (Å²) in [6.45, 7) is 30.1. The van der Waals surface area contributed by atoms with Crippen LogP contribution in [0.5, 0.6) is 23.0 Å². The molecular formula is C60H98O6. The van der Waals surface area contributed by atoms with Gasteiger partial charge in [-0.25, -0.2) is 0 Å². The van der Waals surface area contributed by atoms with Gasteiger partial charge >= 0.3 is 0 Å². The van der Waals surface area contributed by atoms with Crippen molar-refractivity contribution in [2.45, 2.75) is 225 Å². The van der Waals surface area contributed by atoms with Crippen molar-refractivity contribution in [1.82, 2.24) is 0 Å². The van der Waals surface area contributed by atoms with Gasteiger partial charge in [-0.05, 0) is 144 Å². The smallest absolute Gasteiger partial charge is 0.189 e. The summed E-state index contributed by atoms with van der Waals surface area (Å²) >= 11 is 0. The Bertz CT molecular complexity index is 1880. The second-order valence-electron chi connectivity index (χ2n) is 21.9. The molecule has 0 heterocycles. The summed E-state index contributed by atoms with van der Waals surface area (Å²) in [5, 5.41) is 23.2. The molecule has 2 N–H and O–H groups in total. The predicted octanol–water partition coefficient (Wildman–Crippen LogP) is 17.3. The zero-order valence-corrected chi connectivity index (χ0v) is 45.3. The van der Waals surface area contributed by atoms with Gasteiger partial charge in [-0.2, -0.15) is 0 Å². The van der Waals surface area contributed by atoms with Crippen LogP contribution < -0.4 is 9.47 Å². The van der Waals surface area contributed by atoms with E-state index >= 15 is 0 Å². The number of allylic oxidation sites excluding steroid dienone is 4. The molecule has 0 fully saturated rings. The monoisotopic (exact) mass is 915 g/mol.